The summed E-state index contributed by atoms with van der Waals surface area (Å²) in [6.45, 7) is 0. The third kappa shape index (κ3) is 2.10. The molecule has 0 aliphatic heterocycles. The molecular weight excluding hydrogens is 321 g/mol. The highest BCUT2D eigenvalue weighted by atomic mass is 79.9. The van der Waals surface area contributed by atoms with Crippen molar-refractivity contribution in [2.24, 2.45) is 0 Å². The van der Waals surface area contributed by atoms with Crippen molar-refractivity contribution in [1.82, 2.24) is 4.98 Å². The fraction of sp³-hybridized carbons (Fsp3) is 0. The highest BCUT2D eigenvalue weighted by Gasteiger charge is 2.19. The molecule has 0 spiro atoms. The van der Waals surface area contributed by atoms with E-state index in [1.807, 2.05) is 6.07 Å². The summed E-state index contributed by atoms with van der Waals surface area (Å²) in [5, 5.41) is 19.8. The lowest BCUT2D eigenvalue weighted by atomic mass is 10.1. The van der Waals surface area contributed by atoms with Gasteiger partial charge in [0, 0.05) is 5.56 Å². The largest absolute Gasteiger partial charge is 0.354 e. The van der Waals surface area contributed by atoms with Crippen LogP contribution in [0.3, 0.4) is 0 Å². The minimum Gasteiger partial charge on any atom is -0.354 e. The molecule has 7 heteroatoms. The van der Waals surface area contributed by atoms with Gasteiger partial charge in [0.1, 0.15) is 10.5 Å². The first-order valence-electron chi connectivity index (χ1n) is 4.76. The number of benzene rings is 1. The summed E-state index contributed by atoms with van der Waals surface area (Å²) in [5.41, 5.74) is 1.52. The summed E-state index contributed by atoms with van der Waals surface area (Å²) in [6.07, 6.45) is 1.30. The fourth-order valence-corrected chi connectivity index (χ4v) is 2.32. The van der Waals surface area contributed by atoms with Crippen molar-refractivity contribution >= 4 is 33.2 Å². The average Bonchev–Trinajstić information content (AvgIpc) is 2.71. The van der Waals surface area contributed by atoms with Gasteiger partial charge in [0.2, 0.25) is 0 Å². The van der Waals surface area contributed by atoms with Gasteiger partial charge in [-0.1, -0.05) is 17.7 Å². The van der Waals surface area contributed by atoms with E-state index in [1.54, 1.807) is 18.2 Å². The van der Waals surface area contributed by atoms with Gasteiger partial charge >= 0.3 is 5.69 Å². The van der Waals surface area contributed by atoms with E-state index < -0.39 is 4.92 Å². The molecule has 0 atom stereocenters. The van der Waals surface area contributed by atoms with E-state index in [1.165, 1.54) is 6.20 Å². The fourth-order valence-electron chi connectivity index (χ4n) is 1.50. The summed E-state index contributed by atoms with van der Waals surface area (Å²) < 4.78 is 0.355. The maximum atomic E-state index is 10.7. The zero-order valence-corrected chi connectivity index (χ0v) is 11.1. The zero-order chi connectivity index (χ0) is 13.3. The quantitative estimate of drug-likeness (QED) is 0.671. The standard InChI is InChI=1S/C11H5BrClN3O2/c12-10-9(16(17)18)5-15-11(10)6-1-2-7(4-14)8(13)3-6/h1-3,5,15H. The summed E-state index contributed by atoms with van der Waals surface area (Å²) in [7, 11) is 0. The van der Waals surface area contributed by atoms with Crippen molar-refractivity contribution in [2.75, 3.05) is 0 Å². The Labute approximate surface area is 115 Å². The number of rotatable bonds is 2. The van der Waals surface area contributed by atoms with E-state index in [0.29, 0.717) is 26.3 Å². The summed E-state index contributed by atoms with van der Waals surface area (Å²) >= 11 is 9.08. The number of nitrogens with one attached hydrogen (secondary N) is 1. The van der Waals surface area contributed by atoms with Crippen molar-refractivity contribution in [3.63, 3.8) is 0 Å². The first-order valence-corrected chi connectivity index (χ1v) is 5.93. The van der Waals surface area contributed by atoms with E-state index in [-0.39, 0.29) is 5.69 Å². The second-order valence-corrected chi connectivity index (χ2v) is 4.63. The van der Waals surface area contributed by atoms with Crippen molar-refractivity contribution in [2.45, 2.75) is 0 Å². The predicted molar refractivity (Wildman–Crippen MR) is 70.3 cm³/mol. The van der Waals surface area contributed by atoms with Gasteiger partial charge in [0.15, 0.2) is 0 Å². The van der Waals surface area contributed by atoms with Crippen LogP contribution in [-0.2, 0) is 0 Å². The molecule has 1 aromatic carbocycles. The van der Waals surface area contributed by atoms with Gasteiger partial charge < -0.3 is 4.98 Å². The van der Waals surface area contributed by atoms with Crippen LogP contribution < -0.4 is 0 Å². The molecule has 0 bridgehead atoms. The van der Waals surface area contributed by atoms with Crippen LogP contribution in [-0.4, -0.2) is 9.91 Å². The molecule has 0 unspecified atom stereocenters. The number of nitriles is 1. The normalized spacial score (nSPS) is 10.1. The molecule has 0 radical (unpaired) electrons. The second-order valence-electron chi connectivity index (χ2n) is 3.43. The Morgan fingerprint density at radius 2 is 2.22 bits per heavy atom. The molecule has 2 aromatic rings. The first kappa shape index (κ1) is 12.6. The number of aromatic nitrogens is 1. The number of nitro groups is 1. The van der Waals surface area contributed by atoms with Crippen molar-refractivity contribution < 1.29 is 4.92 Å². The number of halogens is 2. The van der Waals surface area contributed by atoms with E-state index >= 15 is 0 Å². The Morgan fingerprint density at radius 3 is 2.72 bits per heavy atom. The molecule has 0 fully saturated rings. The van der Waals surface area contributed by atoms with E-state index in [4.69, 9.17) is 16.9 Å². The predicted octanol–water partition coefficient (Wildman–Crippen LogP) is 3.88. The lowest BCUT2D eigenvalue weighted by Gasteiger charge is -2.01. The monoisotopic (exact) mass is 325 g/mol. The molecule has 0 saturated carbocycles. The zero-order valence-electron chi connectivity index (χ0n) is 8.78. The Morgan fingerprint density at radius 1 is 1.50 bits per heavy atom. The van der Waals surface area contributed by atoms with E-state index in [9.17, 15) is 10.1 Å². The van der Waals surface area contributed by atoms with Crippen LogP contribution in [0.5, 0.6) is 0 Å². The number of H-pyrrole nitrogens is 1. The molecular formula is C11H5BrClN3O2. The Bertz CT molecular complexity index is 675. The SMILES string of the molecule is N#Cc1ccc(-c2[nH]cc([N+](=O)[O-])c2Br)cc1Cl. The summed E-state index contributed by atoms with van der Waals surface area (Å²) in [6, 6.07) is 6.77. The molecule has 0 aliphatic rings. The van der Waals surface area contributed by atoms with Gasteiger partial charge in [-0.15, -0.1) is 0 Å². The number of hydrogen-bond acceptors (Lipinski definition) is 3. The van der Waals surface area contributed by atoms with E-state index in [0.717, 1.165) is 0 Å². The van der Waals surface area contributed by atoms with Crippen LogP contribution >= 0.6 is 27.5 Å². The van der Waals surface area contributed by atoms with Gasteiger partial charge in [0.25, 0.3) is 0 Å². The molecule has 18 heavy (non-hydrogen) atoms. The molecule has 0 aliphatic carbocycles. The minimum absolute atomic E-state index is 0.0505. The molecule has 1 N–H and O–H groups in total. The van der Waals surface area contributed by atoms with Crippen LogP contribution in [0, 0.1) is 21.4 Å². The molecule has 0 saturated heterocycles. The molecule has 1 aromatic heterocycles. The summed E-state index contributed by atoms with van der Waals surface area (Å²) in [4.78, 5) is 13.0. The molecule has 2 rings (SSSR count). The lowest BCUT2D eigenvalue weighted by Crippen LogP contribution is -1.86. The van der Waals surface area contributed by atoms with Gasteiger partial charge in [-0.05, 0) is 28.1 Å². The Hall–Kier alpha value is -1.84. The third-order valence-electron chi connectivity index (χ3n) is 2.37. The third-order valence-corrected chi connectivity index (χ3v) is 3.49. The van der Waals surface area contributed by atoms with Gasteiger partial charge in [-0.2, -0.15) is 5.26 Å². The van der Waals surface area contributed by atoms with Gasteiger partial charge in [0.05, 0.1) is 27.4 Å². The van der Waals surface area contributed by atoms with Gasteiger partial charge in [-0.3, -0.25) is 10.1 Å². The second kappa shape index (κ2) is 4.80. The smallest absolute Gasteiger partial charge is 0.301 e. The number of nitrogens with zero attached hydrogens (tertiary/aromatic N) is 2. The number of aromatic amines is 1. The van der Waals surface area contributed by atoms with Crippen LogP contribution in [0.4, 0.5) is 5.69 Å². The van der Waals surface area contributed by atoms with E-state index in [2.05, 4.69) is 20.9 Å². The Kier molecular flexibility index (Phi) is 3.36. The molecule has 0 amide bonds. The molecule has 90 valence electrons. The number of hydrogen-bond donors (Lipinski definition) is 1. The minimum atomic E-state index is -0.491. The van der Waals surface area contributed by atoms with Crippen molar-refractivity contribution in [3.05, 3.63) is 49.6 Å². The first-order chi connectivity index (χ1) is 8.54. The highest BCUT2D eigenvalue weighted by Crippen LogP contribution is 2.36. The molecule has 5 nitrogen and oxygen atoms in total. The maximum Gasteiger partial charge on any atom is 0.301 e. The van der Waals surface area contributed by atoms with Crippen molar-refractivity contribution in [3.8, 4) is 17.3 Å². The molecule has 1 heterocycles. The maximum absolute atomic E-state index is 10.7. The van der Waals surface area contributed by atoms with Crippen LogP contribution in [0.2, 0.25) is 5.02 Å². The highest BCUT2D eigenvalue weighted by molar-refractivity contribution is 9.10. The van der Waals surface area contributed by atoms with Crippen LogP contribution in [0.1, 0.15) is 5.56 Å². The Balaban J connectivity index is 2.53. The summed E-state index contributed by atoms with van der Waals surface area (Å²) in [5.74, 6) is 0. The van der Waals surface area contributed by atoms with Crippen LogP contribution in [0.15, 0.2) is 28.9 Å². The average molecular weight is 327 g/mol. The lowest BCUT2D eigenvalue weighted by molar-refractivity contribution is -0.385. The van der Waals surface area contributed by atoms with Crippen LogP contribution in [0.25, 0.3) is 11.3 Å². The topological polar surface area (TPSA) is 82.7 Å². The van der Waals surface area contributed by atoms with Crippen molar-refractivity contribution in [1.29, 1.82) is 5.26 Å². The van der Waals surface area contributed by atoms with Gasteiger partial charge in [-0.25, -0.2) is 0 Å².